The van der Waals surface area contributed by atoms with Gasteiger partial charge in [-0.2, -0.15) is 0 Å². The Morgan fingerprint density at radius 1 is 0.829 bits per heavy atom. The van der Waals surface area contributed by atoms with Gasteiger partial charge in [0.25, 0.3) is 11.8 Å². The number of pyridine rings is 4. The highest BCUT2D eigenvalue weighted by Gasteiger charge is 2.13. The topological polar surface area (TPSA) is 110 Å². The zero-order chi connectivity index (χ0) is 24.9. The maximum atomic E-state index is 12.9. The summed E-state index contributed by atoms with van der Waals surface area (Å²) in [6.45, 7) is 5.98. The zero-order valence-corrected chi connectivity index (χ0v) is 20.0. The van der Waals surface area contributed by atoms with Crippen LogP contribution >= 0.6 is 0 Å². The van der Waals surface area contributed by atoms with E-state index in [-0.39, 0.29) is 17.7 Å². The van der Waals surface area contributed by atoms with Gasteiger partial charge in [-0.1, -0.05) is 13.8 Å². The van der Waals surface area contributed by atoms with Crippen molar-refractivity contribution in [3.8, 4) is 22.4 Å². The highest BCUT2D eigenvalue weighted by Crippen LogP contribution is 2.28. The number of nitrogens with one attached hydrogen (secondary N) is 2. The molecule has 2 amide bonds. The fourth-order valence-electron chi connectivity index (χ4n) is 3.60. The van der Waals surface area contributed by atoms with Crippen LogP contribution in [0.2, 0.25) is 0 Å². The Hall–Kier alpha value is -4.46. The third-order valence-electron chi connectivity index (χ3n) is 5.57. The van der Waals surface area contributed by atoms with Crippen molar-refractivity contribution < 1.29 is 9.59 Å². The van der Waals surface area contributed by atoms with Crippen LogP contribution in [0, 0.1) is 6.92 Å². The van der Waals surface area contributed by atoms with Gasteiger partial charge in [-0.25, -0.2) is 0 Å². The van der Waals surface area contributed by atoms with Crippen LogP contribution in [0.25, 0.3) is 22.4 Å². The van der Waals surface area contributed by atoms with Gasteiger partial charge in [-0.3, -0.25) is 29.5 Å². The van der Waals surface area contributed by atoms with Crippen molar-refractivity contribution in [1.82, 2.24) is 25.3 Å². The summed E-state index contributed by atoms with van der Waals surface area (Å²) in [4.78, 5) is 42.2. The fraction of sp³-hybridized carbons (Fsp3) is 0.185. The van der Waals surface area contributed by atoms with Crippen LogP contribution in [0.4, 0.5) is 5.69 Å². The summed E-state index contributed by atoms with van der Waals surface area (Å²) in [6, 6.07) is 12.7. The van der Waals surface area contributed by atoms with E-state index in [1.54, 1.807) is 56.1 Å². The summed E-state index contributed by atoms with van der Waals surface area (Å²) in [7, 11) is 1.56. The molecule has 0 saturated carbocycles. The molecule has 0 aromatic carbocycles. The molecule has 0 radical (unpaired) electrons. The Balaban J connectivity index is 1.63. The highest BCUT2D eigenvalue weighted by atomic mass is 16.2. The molecular weight excluding hydrogens is 440 g/mol. The molecule has 4 heterocycles. The predicted octanol–water partition coefficient (Wildman–Crippen LogP) is 4.64. The molecule has 0 unspecified atom stereocenters. The Labute approximate surface area is 203 Å². The van der Waals surface area contributed by atoms with Gasteiger partial charge in [0, 0.05) is 53.7 Å². The first kappa shape index (κ1) is 23.7. The zero-order valence-electron chi connectivity index (χ0n) is 20.0. The van der Waals surface area contributed by atoms with Gasteiger partial charge in [-0.15, -0.1) is 0 Å². The molecule has 176 valence electrons. The average Bonchev–Trinajstić information content (AvgIpc) is 2.89. The fourth-order valence-corrected chi connectivity index (χ4v) is 3.60. The summed E-state index contributed by atoms with van der Waals surface area (Å²) in [5.41, 5.74) is 6.34. The molecule has 4 aromatic rings. The molecule has 0 fully saturated rings. The van der Waals surface area contributed by atoms with Gasteiger partial charge in [-0.05, 0) is 60.9 Å². The molecule has 8 nitrogen and oxygen atoms in total. The lowest BCUT2D eigenvalue weighted by Crippen LogP contribution is -2.19. The van der Waals surface area contributed by atoms with Crippen molar-refractivity contribution in [2.45, 2.75) is 26.7 Å². The second-order valence-corrected chi connectivity index (χ2v) is 8.37. The van der Waals surface area contributed by atoms with Crippen LogP contribution < -0.4 is 10.6 Å². The van der Waals surface area contributed by atoms with Crippen LogP contribution in [-0.2, 0) is 0 Å². The first-order chi connectivity index (χ1) is 16.9. The molecule has 4 aromatic heterocycles. The summed E-state index contributed by atoms with van der Waals surface area (Å²) in [6.07, 6.45) is 6.58. The Bertz CT molecular complexity index is 1400. The predicted molar refractivity (Wildman–Crippen MR) is 135 cm³/mol. The summed E-state index contributed by atoms with van der Waals surface area (Å²) in [5.74, 6) is -0.259. The molecule has 0 aliphatic carbocycles. The van der Waals surface area contributed by atoms with Gasteiger partial charge in [0.05, 0.1) is 17.6 Å². The van der Waals surface area contributed by atoms with E-state index in [2.05, 4.69) is 30.6 Å². The van der Waals surface area contributed by atoms with Crippen LogP contribution in [0.1, 0.15) is 52.0 Å². The SMILES string of the molecule is CNC(=O)c1cc(-c2cc(-c3cc(NC(=O)c4ccnc(C(C)C)c4)cnc3C)ccn2)ccn1. The third kappa shape index (κ3) is 5.38. The standard InChI is InChI=1S/C27H26N6O2/c1-16(2)23-13-20(7-10-29-23)26(34)33-21-14-22(17(3)32-15-21)18-5-8-30-24(11-18)19-6-9-31-25(12-19)27(35)28-4/h5-16H,1-4H3,(H,28,35)(H,33,34). The average molecular weight is 467 g/mol. The number of rotatable bonds is 6. The van der Waals surface area contributed by atoms with E-state index in [0.717, 1.165) is 28.1 Å². The lowest BCUT2D eigenvalue weighted by Gasteiger charge is -2.12. The minimum Gasteiger partial charge on any atom is -0.354 e. The van der Waals surface area contributed by atoms with Crippen molar-refractivity contribution in [3.05, 3.63) is 89.9 Å². The lowest BCUT2D eigenvalue weighted by atomic mass is 10.0. The molecule has 2 N–H and O–H groups in total. The molecule has 0 aliphatic heterocycles. The minimum absolute atomic E-state index is 0.222. The van der Waals surface area contributed by atoms with Gasteiger partial charge >= 0.3 is 0 Å². The maximum absolute atomic E-state index is 12.9. The largest absolute Gasteiger partial charge is 0.354 e. The number of aryl methyl sites for hydroxylation is 1. The quantitative estimate of drug-likeness (QED) is 0.428. The van der Waals surface area contributed by atoms with Crippen molar-refractivity contribution in [1.29, 1.82) is 0 Å². The van der Waals surface area contributed by atoms with E-state index in [4.69, 9.17) is 0 Å². The number of carbonyl (C=O) groups is 2. The smallest absolute Gasteiger partial charge is 0.269 e. The van der Waals surface area contributed by atoms with Crippen molar-refractivity contribution in [2.75, 3.05) is 12.4 Å². The third-order valence-corrected chi connectivity index (χ3v) is 5.57. The maximum Gasteiger partial charge on any atom is 0.269 e. The molecule has 0 atom stereocenters. The molecule has 0 bridgehead atoms. The first-order valence-electron chi connectivity index (χ1n) is 11.2. The summed E-state index contributed by atoms with van der Waals surface area (Å²) in [5, 5.41) is 5.52. The van der Waals surface area contributed by atoms with Crippen LogP contribution in [0.15, 0.2) is 67.3 Å². The summed E-state index contributed by atoms with van der Waals surface area (Å²) < 4.78 is 0. The van der Waals surface area contributed by atoms with Gasteiger partial charge < -0.3 is 10.6 Å². The van der Waals surface area contributed by atoms with Crippen molar-refractivity contribution in [2.24, 2.45) is 0 Å². The number of hydrogen-bond donors (Lipinski definition) is 2. The van der Waals surface area contributed by atoms with Crippen LogP contribution in [-0.4, -0.2) is 38.8 Å². The number of amides is 2. The molecule has 0 aliphatic rings. The minimum atomic E-state index is -0.263. The molecule has 8 heteroatoms. The summed E-state index contributed by atoms with van der Waals surface area (Å²) >= 11 is 0. The van der Waals surface area contributed by atoms with Crippen molar-refractivity contribution >= 4 is 17.5 Å². The number of aromatic nitrogens is 4. The van der Waals surface area contributed by atoms with E-state index in [1.165, 1.54) is 0 Å². The van der Waals surface area contributed by atoms with Crippen LogP contribution in [0.5, 0.6) is 0 Å². The number of anilines is 1. The highest BCUT2D eigenvalue weighted by molar-refractivity contribution is 6.04. The van der Waals surface area contributed by atoms with E-state index in [9.17, 15) is 9.59 Å². The van der Waals surface area contributed by atoms with Gasteiger partial charge in [0.2, 0.25) is 0 Å². The van der Waals surface area contributed by atoms with E-state index in [1.807, 2.05) is 39.0 Å². The number of nitrogens with zero attached hydrogens (tertiary/aromatic N) is 4. The number of hydrogen-bond acceptors (Lipinski definition) is 6. The van der Waals surface area contributed by atoms with E-state index >= 15 is 0 Å². The van der Waals surface area contributed by atoms with Gasteiger partial charge in [0.15, 0.2) is 0 Å². The molecule has 4 rings (SSSR count). The molecule has 0 saturated heterocycles. The van der Waals surface area contributed by atoms with E-state index in [0.29, 0.717) is 22.6 Å². The molecular formula is C27H26N6O2. The lowest BCUT2D eigenvalue weighted by molar-refractivity contribution is 0.0957. The second-order valence-electron chi connectivity index (χ2n) is 8.37. The van der Waals surface area contributed by atoms with Crippen molar-refractivity contribution in [3.63, 3.8) is 0 Å². The monoisotopic (exact) mass is 466 g/mol. The van der Waals surface area contributed by atoms with E-state index < -0.39 is 0 Å². The second kappa shape index (κ2) is 10.2. The number of carbonyl (C=O) groups excluding carboxylic acids is 2. The molecule has 0 spiro atoms. The van der Waals surface area contributed by atoms with Crippen LogP contribution in [0.3, 0.4) is 0 Å². The van der Waals surface area contributed by atoms with Gasteiger partial charge in [0.1, 0.15) is 5.69 Å². The normalized spacial score (nSPS) is 10.8. The Morgan fingerprint density at radius 2 is 1.57 bits per heavy atom. The Kier molecular flexibility index (Phi) is 6.91. The Morgan fingerprint density at radius 3 is 2.34 bits per heavy atom. The molecule has 35 heavy (non-hydrogen) atoms. The first-order valence-corrected chi connectivity index (χ1v) is 11.2.